The molecule has 4 heteroatoms. The molecule has 0 bridgehead atoms. The molecule has 0 aliphatic heterocycles. The SMILES string of the molecule is CCC1[C-]=C([Si](C)(C)C2=[C-]C(CC)C=C2C)C(C)=C1.[Cl-].[Cl-].[Ti+4]. The van der Waals surface area contributed by atoms with Crippen molar-refractivity contribution in [2.75, 3.05) is 0 Å². The van der Waals surface area contributed by atoms with Gasteiger partial charge < -0.3 is 24.8 Å². The van der Waals surface area contributed by atoms with Gasteiger partial charge in [0.25, 0.3) is 0 Å². The Hall–Kier alpha value is 0.471. The van der Waals surface area contributed by atoms with E-state index in [1.807, 2.05) is 0 Å². The summed E-state index contributed by atoms with van der Waals surface area (Å²) in [6.45, 7) is 13.9. The quantitative estimate of drug-likeness (QED) is 0.437. The molecule has 2 aliphatic rings. The van der Waals surface area contributed by atoms with E-state index in [0.29, 0.717) is 11.8 Å². The van der Waals surface area contributed by atoms with Crippen LogP contribution in [0.2, 0.25) is 13.1 Å². The van der Waals surface area contributed by atoms with Crippen LogP contribution in [0.4, 0.5) is 0 Å². The molecule has 0 aromatic rings. The molecule has 2 atom stereocenters. The molecule has 0 fully saturated rings. The van der Waals surface area contributed by atoms with Gasteiger partial charge in [-0.15, -0.1) is 13.8 Å². The van der Waals surface area contributed by atoms with Crippen molar-refractivity contribution in [3.63, 3.8) is 0 Å². The number of hydrogen-bond donors (Lipinski definition) is 0. The molecule has 0 saturated carbocycles. The Labute approximate surface area is 165 Å². The van der Waals surface area contributed by atoms with E-state index in [-0.39, 0.29) is 46.5 Å². The third-order valence-corrected chi connectivity index (χ3v) is 8.06. The second-order valence-electron chi connectivity index (χ2n) is 6.39. The number of rotatable bonds is 4. The molecule has 0 saturated heterocycles. The van der Waals surface area contributed by atoms with Crippen LogP contribution in [0, 0.1) is 24.0 Å². The van der Waals surface area contributed by atoms with E-state index < -0.39 is 8.07 Å². The summed E-state index contributed by atoms with van der Waals surface area (Å²) < 4.78 is 0. The van der Waals surface area contributed by atoms with Crippen LogP contribution >= 0.6 is 0 Å². The van der Waals surface area contributed by atoms with Gasteiger partial charge in [0, 0.05) is 8.07 Å². The maximum Gasteiger partial charge on any atom is 4.00 e. The summed E-state index contributed by atoms with van der Waals surface area (Å²) in [7, 11) is -1.60. The molecule has 2 aliphatic carbocycles. The van der Waals surface area contributed by atoms with Gasteiger partial charge in [-0.05, 0) is 0 Å². The van der Waals surface area contributed by atoms with Crippen molar-refractivity contribution in [1.82, 2.24) is 0 Å². The molecule has 2 unspecified atom stereocenters. The van der Waals surface area contributed by atoms with E-state index in [1.165, 1.54) is 34.4 Å². The predicted molar refractivity (Wildman–Crippen MR) is 86.1 cm³/mol. The molecule has 0 radical (unpaired) electrons. The largest absolute Gasteiger partial charge is 4.00 e. The van der Waals surface area contributed by atoms with Crippen LogP contribution in [-0.2, 0) is 21.7 Å². The standard InChI is InChI=1S/C18H26Si.2ClH.Ti/c1-7-15-9-13(3)17(11-15)19(5,6)18-12-16(8-2)10-14(18)4;;;/h9-10,15-16H,7-8H2,1-6H3;2*1H;/q-2;;;+4/p-2. The van der Waals surface area contributed by atoms with Gasteiger partial charge in [0.2, 0.25) is 0 Å². The van der Waals surface area contributed by atoms with Crippen LogP contribution in [0.1, 0.15) is 40.5 Å². The summed E-state index contributed by atoms with van der Waals surface area (Å²) in [5.41, 5.74) is 2.93. The Balaban J connectivity index is 0. The first kappa shape index (κ1) is 24.7. The van der Waals surface area contributed by atoms with E-state index >= 15 is 0 Å². The zero-order valence-corrected chi connectivity index (χ0v) is 18.6. The minimum absolute atomic E-state index is 0. The van der Waals surface area contributed by atoms with Crippen molar-refractivity contribution in [1.29, 1.82) is 0 Å². The van der Waals surface area contributed by atoms with E-state index in [0.717, 1.165) is 0 Å². The molecule has 0 heterocycles. The second-order valence-corrected chi connectivity index (χ2v) is 10.6. The minimum atomic E-state index is -1.60. The van der Waals surface area contributed by atoms with Crippen LogP contribution in [0.15, 0.2) is 33.7 Å². The van der Waals surface area contributed by atoms with Crippen LogP contribution < -0.4 is 24.8 Å². The van der Waals surface area contributed by atoms with Gasteiger partial charge in [0.1, 0.15) is 0 Å². The summed E-state index contributed by atoms with van der Waals surface area (Å²) >= 11 is 0. The normalized spacial score (nSPS) is 23.4. The number of halogens is 2. The Morgan fingerprint density at radius 1 is 0.864 bits per heavy atom. The molecule has 0 spiro atoms. The van der Waals surface area contributed by atoms with Gasteiger partial charge in [-0.3, -0.25) is 12.2 Å². The van der Waals surface area contributed by atoms with E-state index in [2.05, 4.69) is 65.1 Å². The fourth-order valence-electron chi connectivity index (χ4n) is 3.36. The Bertz CT molecular complexity index is 457. The smallest absolute Gasteiger partial charge is 1.00 e. The first-order chi connectivity index (χ1) is 8.90. The number of allylic oxidation sites excluding steroid dienone is 8. The third-order valence-electron chi connectivity index (χ3n) is 4.48. The van der Waals surface area contributed by atoms with Crippen molar-refractivity contribution < 1.29 is 46.5 Å². The van der Waals surface area contributed by atoms with Crippen molar-refractivity contribution in [2.24, 2.45) is 11.8 Å². The molecular weight excluding hydrogens is 363 g/mol. The van der Waals surface area contributed by atoms with Crippen molar-refractivity contribution in [2.45, 2.75) is 53.6 Å². The molecule has 0 aromatic carbocycles. The van der Waals surface area contributed by atoms with Crippen LogP contribution in [-0.4, -0.2) is 8.07 Å². The van der Waals surface area contributed by atoms with Crippen molar-refractivity contribution in [3.05, 3.63) is 45.8 Å². The fraction of sp³-hybridized carbons (Fsp3) is 0.556. The molecule has 0 nitrogen and oxygen atoms in total. The van der Waals surface area contributed by atoms with Gasteiger partial charge in [0.05, 0.1) is 0 Å². The molecule has 0 amide bonds. The zero-order chi connectivity index (χ0) is 14.2. The van der Waals surface area contributed by atoms with Gasteiger partial charge in [-0.2, -0.15) is 12.2 Å². The average molecular weight is 389 g/mol. The monoisotopic (exact) mass is 388 g/mol. The van der Waals surface area contributed by atoms with Crippen LogP contribution in [0.25, 0.3) is 0 Å². The first-order valence-electron chi connectivity index (χ1n) is 7.55. The fourth-order valence-corrected chi connectivity index (χ4v) is 6.84. The molecule has 2 rings (SSSR count). The van der Waals surface area contributed by atoms with E-state index in [4.69, 9.17) is 0 Å². The summed E-state index contributed by atoms with van der Waals surface area (Å²) in [6.07, 6.45) is 14.6. The van der Waals surface area contributed by atoms with Gasteiger partial charge in [0.15, 0.2) is 0 Å². The maximum absolute atomic E-state index is 3.76. The second kappa shape index (κ2) is 9.69. The minimum Gasteiger partial charge on any atom is -1.00 e. The van der Waals surface area contributed by atoms with Crippen molar-refractivity contribution in [3.8, 4) is 0 Å². The topological polar surface area (TPSA) is 0 Å². The van der Waals surface area contributed by atoms with E-state index in [9.17, 15) is 0 Å². The zero-order valence-electron chi connectivity index (χ0n) is 14.5. The van der Waals surface area contributed by atoms with Gasteiger partial charge >= 0.3 is 21.7 Å². The van der Waals surface area contributed by atoms with Gasteiger partial charge in [-0.1, -0.05) is 51.6 Å². The average Bonchev–Trinajstić information content (AvgIpc) is 2.92. The first-order valence-corrected chi connectivity index (χ1v) is 10.6. The van der Waals surface area contributed by atoms with Crippen LogP contribution in [0.5, 0.6) is 0 Å². The van der Waals surface area contributed by atoms with E-state index in [1.54, 1.807) is 0 Å². The summed E-state index contributed by atoms with van der Waals surface area (Å²) in [5.74, 6) is 1.07. The Morgan fingerprint density at radius 3 is 1.41 bits per heavy atom. The molecule has 0 N–H and O–H groups in total. The Morgan fingerprint density at radius 2 is 1.18 bits per heavy atom. The Kier molecular flexibility index (Phi) is 10.9. The number of hydrogen-bond acceptors (Lipinski definition) is 0. The maximum atomic E-state index is 3.76. The summed E-state index contributed by atoms with van der Waals surface area (Å²) in [5, 5.41) is 3.04. The molecule has 0 aromatic heterocycles. The molecular formula is C18H26Cl2SiTi. The molecule has 120 valence electrons. The third kappa shape index (κ3) is 4.74. The summed E-state index contributed by atoms with van der Waals surface area (Å²) in [4.78, 5) is 0. The van der Waals surface area contributed by atoms with Gasteiger partial charge in [-0.25, -0.2) is 21.5 Å². The summed E-state index contributed by atoms with van der Waals surface area (Å²) in [6, 6.07) is 0. The van der Waals surface area contributed by atoms with Crippen molar-refractivity contribution >= 4 is 8.07 Å². The van der Waals surface area contributed by atoms with Crippen LogP contribution in [0.3, 0.4) is 0 Å². The molecule has 22 heavy (non-hydrogen) atoms. The predicted octanol–water partition coefficient (Wildman–Crippen LogP) is -0.790.